The van der Waals surface area contributed by atoms with Crippen molar-refractivity contribution in [1.29, 1.82) is 0 Å². The number of ether oxygens (including phenoxy) is 1. The van der Waals surface area contributed by atoms with E-state index in [-0.39, 0.29) is 27.1 Å². The lowest BCUT2D eigenvalue weighted by Crippen LogP contribution is -2.11. The second-order valence-corrected chi connectivity index (χ2v) is 6.52. The normalized spacial score (nSPS) is 10.3. The van der Waals surface area contributed by atoms with Gasteiger partial charge >= 0.3 is 0 Å². The van der Waals surface area contributed by atoms with Gasteiger partial charge in [0.1, 0.15) is 22.0 Å². The van der Waals surface area contributed by atoms with Crippen LogP contribution in [0, 0.1) is 10.1 Å². The van der Waals surface area contributed by atoms with Crippen LogP contribution in [0.4, 0.5) is 16.6 Å². The largest absolute Gasteiger partial charge is 0.497 e. The zero-order chi connectivity index (χ0) is 20.3. The Bertz CT molecular complexity index is 1060. The van der Waals surface area contributed by atoms with E-state index in [1.165, 1.54) is 31.4 Å². The third-order valence-corrected chi connectivity index (χ3v) is 4.76. The number of hydrogen-bond donors (Lipinski definition) is 2. The molecule has 0 saturated heterocycles. The van der Waals surface area contributed by atoms with Gasteiger partial charge in [-0.3, -0.25) is 25.0 Å². The van der Waals surface area contributed by atoms with Crippen LogP contribution in [0.5, 0.6) is 5.75 Å². The topological polar surface area (TPSA) is 137 Å². The highest BCUT2D eigenvalue weighted by molar-refractivity contribution is 7.18. The maximum absolute atomic E-state index is 12.7. The molecule has 0 bridgehead atoms. The average molecular weight is 398 g/mol. The standard InChI is InChI=1S/C18H14N4O5S/c1-27-11-8-6-10(7-9-11)17(24)21-18-20-16(19)15(28-18)14(23)12-4-2-3-5-13(12)22(25)26/h2-9H,19H2,1H3,(H,20,21,24). The first-order chi connectivity index (χ1) is 13.4. The molecule has 0 atom stereocenters. The van der Waals surface area contributed by atoms with Crippen molar-refractivity contribution in [3.05, 3.63) is 74.6 Å². The zero-order valence-electron chi connectivity index (χ0n) is 14.5. The number of ketones is 1. The van der Waals surface area contributed by atoms with E-state index in [1.54, 1.807) is 24.3 Å². The average Bonchev–Trinajstić information content (AvgIpc) is 3.07. The monoisotopic (exact) mass is 398 g/mol. The molecule has 2 aromatic carbocycles. The third kappa shape index (κ3) is 3.81. The highest BCUT2D eigenvalue weighted by Gasteiger charge is 2.25. The fraction of sp³-hybridized carbons (Fsp3) is 0.0556. The number of nitro groups is 1. The molecule has 0 radical (unpaired) electrons. The van der Waals surface area contributed by atoms with Crippen LogP contribution < -0.4 is 15.8 Å². The van der Waals surface area contributed by atoms with E-state index in [1.807, 2.05) is 0 Å². The predicted molar refractivity (Wildman–Crippen MR) is 104 cm³/mol. The minimum atomic E-state index is -0.642. The van der Waals surface area contributed by atoms with E-state index in [0.717, 1.165) is 11.3 Å². The number of rotatable bonds is 6. The molecule has 28 heavy (non-hydrogen) atoms. The van der Waals surface area contributed by atoms with E-state index >= 15 is 0 Å². The number of nitrogens with one attached hydrogen (secondary N) is 1. The highest BCUT2D eigenvalue weighted by Crippen LogP contribution is 2.30. The Morgan fingerprint density at radius 3 is 2.50 bits per heavy atom. The van der Waals surface area contributed by atoms with Gasteiger partial charge in [-0.2, -0.15) is 0 Å². The third-order valence-electron chi connectivity index (χ3n) is 3.78. The van der Waals surface area contributed by atoms with Crippen molar-refractivity contribution in [3.63, 3.8) is 0 Å². The number of anilines is 2. The van der Waals surface area contributed by atoms with Crippen LogP contribution in [0.25, 0.3) is 0 Å². The summed E-state index contributed by atoms with van der Waals surface area (Å²) in [4.78, 5) is 39.5. The number of nitrogens with zero attached hydrogens (tertiary/aromatic N) is 2. The van der Waals surface area contributed by atoms with E-state index < -0.39 is 16.6 Å². The molecule has 1 heterocycles. The van der Waals surface area contributed by atoms with Gasteiger partial charge in [0.25, 0.3) is 11.6 Å². The van der Waals surface area contributed by atoms with Crippen molar-refractivity contribution in [2.45, 2.75) is 0 Å². The number of nitrogen functional groups attached to an aromatic ring is 1. The van der Waals surface area contributed by atoms with E-state index in [4.69, 9.17) is 10.5 Å². The maximum atomic E-state index is 12.7. The maximum Gasteiger partial charge on any atom is 0.280 e. The summed E-state index contributed by atoms with van der Waals surface area (Å²) < 4.78 is 5.04. The molecular formula is C18H14N4O5S. The van der Waals surface area contributed by atoms with Crippen LogP contribution in [-0.4, -0.2) is 28.7 Å². The Morgan fingerprint density at radius 1 is 1.18 bits per heavy atom. The number of nitrogens with two attached hydrogens (primary N) is 1. The molecule has 3 N–H and O–H groups in total. The quantitative estimate of drug-likeness (QED) is 0.369. The number of aromatic nitrogens is 1. The second-order valence-electron chi connectivity index (χ2n) is 5.52. The van der Waals surface area contributed by atoms with Crippen LogP contribution in [0.3, 0.4) is 0 Å². The van der Waals surface area contributed by atoms with Gasteiger partial charge in [-0.25, -0.2) is 4.98 Å². The molecule has 142 valence electrons. The number of amides is 1. The lowest BCUT2D eigenvalue weighted by molar-refractivity contribution is -0.385. The van der Waals surface area contributed by atoms with Gasteiger partial charge in [-0.05, 0) is 30.3 Å². The number of thiazole rings is 1. The summed E-state index contributed by atoms with van der Waals surface area (Å²) in [6, 6.07) is 12.0. The molecule has 0 fully saturated rings. The van der Waals surface area contributed by atoms with Gasteiger partial charge in [-0.15, -0.1) is 0 Å². The van der Waals surface area contributed by atoms with E-state index in [2.05, 4.69) is 10.3 Å². The number of benzene rings is 2. The molecule has 0 aliphatic carbocycles. The number of para-hydroxylation sites is 1. The van der Waals surface area contributed by atoms with Crippen LogP contribution in [0.1, 0.15) is 25.6 Å². The fourth-order valence-corrected chi connectivity index (χ4v) is 3.24. The lowest BCUT2D eigenvalue weighted by atomic mass is 10.1. The van der Waals surface area contributed by atoms with Crippen LogP contribution >= 0.6 is 11.3 Å². The van der Waals surface area contributed by atoms with E-state index in [0.29, 0.717) is 11.3 Å². The van der Waals surface area contributed by atoms with Gasteiger partial charge < -0.3 is 10.5 Å². The number of carbonyl (C=O) groups excluding carboxylic acids is 2. The van der Waals surface area contributed by atoms with Crippen LogP contribution in [-0.2, 0) is 0 Å². The summed E-state index contributed by atoms with van der Waals surface area (Å²) in [5, 5.41) is 13.8. The van der Waals surface area contributed by atoms with Crippen molar-refractivity contribution in [2.24, 2.45) is 0 Å². The predicted octanol–water partition coefficient (Wildman–Crippen LogP) is 3.13. The summed E-state index contributed by atoms with van der Waals surface area (Å²) in [6.07, 6.45) is 0. The lowest BCUT2D eigenvalue weighted by Gasteiger charge is -2.03. The molecule has 0 spiro atoms. The second kappa shape index (κ2) is 7.84. The summed E-state index contributed by atoms with van der Waals surface area (Å²) in [7, 11) is 1.52. The van der Waals surface area contributed by atoms with Gasteiger partial charge in [0.05, 0.1) is 12.0 Å². The molecule has 1 amide bonds. The van der Waals surface area contributed by atoms with Crippen LogP contribution in [0.2, 0.25) is 0 Å². The first kappa shape index (κ1) is 19.0. The first-order valence-electron chi connectivity index (χ1n) is 7.90. The van der Waals surface area contributed by atoms with Crippen molar-refractivity contribution < 1.29 is 19.2 Å². The molecule has 9 nitrogen and oxygen atoms in total. The highest BCUT2D eigenvalue weighted by atomic mass is 32.1. The Balaban J connectivity index is 1.84. The van der Waals surface area contributed by atoms with E-state index in [9.17, 15) is 19.7 Å². The summed E-state index contributed by atoms with van der Waals surface area (Å²) in [6.45, 7) is 0. The SMILES string of the molecule is COc1ccc(C(=O)Nc2nc(N)c(C(=O)c3ccccc3[N+](=O)[O-])s2)cc1. The van der Waals surface area contributed by atoms with Crippen molar-refractivity contribution in [2.75, 3.05) is 18.2 Å². The van der Waals surface area contributed by atoms with Gasteiger partial charge in [-0.1, -0.05) is 23.5 Å². The van der Waals surface area contributed by atoms with Gasteiger partial charge in [0.15, 0.2) is 5.13 Å². The molecule has 10 heteroatoms. The summed E-state index contributed by atoms with van der Waals surface area (Å²) in [5.74, 6) is -0.584. The zero-order valence-corrected chi connectivity index (χ0v) is 15.4. The molecular weight excluding hydrogens is 384 g/mol. The molecule has 1 aromatic heterocycles. The Morgan fingerprint density at radius 2 is 1.86 bits per heavy atom. The molecule has 0 aliphatic heterocycles. The minimum Gasteiger partial charge on any atom is -0.497 e. The molecule has 3 rings (SSSR count). The van der Waals surface area contributed by atoms with Crippen molar-refractivity contribution >= 4 is 39.7 Å². The smallest absolute Gasteiger partial charge is 0.280 e. The number of nitro benzene ring substituents is 1. The fourth-order valence-electron chi connectivity index (χ4n) is 2.41. The van der Waals surface area contributed by atoms with Gasteiger partial charge in [0.2, 0.25) is 5.78 Å². The molecule has 0 saturated carbocycles. The molecule has 0 unspecified atom stereocenters. The summed E-state index contributed by atoms with van der Waals surface area (Å²) >= 11 is 0.849. The number of carbonyl (C=O) groups is 2. The minimum absolute atomic E-state index is 0.0133. The first-order valence-corrected chi connectivity index (χ1v) is 8.72. The Labute approximate surface area is 162 Å². The van der Waals surface area contributed by atoms with Crippen molar-refractivity contribution in [1.82, 2.24) is 4.98 Å². The van der Waals surface area contributed by atoms with Crippen LogP contribution in [0.15, 0.2) is 48.5 Å². The molecule has 0 aliphatic rings. The number of methoxy groups -OCH3 is 1. The Hall–Kier alpha value is -3.79. The van der Waals surface area contributed by atoms with Crippen molar-refractivity contribution in [3.8, 4) is 5.75 Å². The molecule has 3 aromatic rings. The van der Waals surface area contributed by atoms with Gasteiger partial charge in [0, 0.05) is 11.6 Å². The number of hydrogen-bond acceptors (Lipinski definition) is 8. The summed E-state index contributed by atoms with van der Waals surface area (Å²) in [5.41, 5.74) is 5.73. The Kier molecular flexibility index (Phi) is 5.32.